The number of primary amides is 1. The summed E-state index contributed by atoms with van der Waals surface area (Å²) in [6.45, 7) is 4.15. The summed E-state index contributed by atoms with van der Waals surface area (Å²) < 4.78 is 0. The molecular formula is C16H25N3O. The van der Waals surface area contributed by atoms with Crippen molar-refractivity contribution in [2.45, 2.75) is 25.8 Å². The van der Waals surface area contributed by atoms with E-state index in [0.29, 0.717) is 12.1 Å². The Kier molecular flexibility index (Phi) is 5.56. The van der Waals surface area contributed by atoms with Gasteiger partial charge in [-0.05, 0) is 63.5 Å². The van der Waals surface area contributed by atoms with E-state index in [4.69, 9.17) is 5.73 Å². The van der Waals surface area contributed by atoms with Crippen molar-refractivity contribution in [2.75, 3.05) is 26.7 Å². The maximum absolute atomic E-state index is 11.3. The van der Waals surface area contributed by atoms with Crippen LogP contribution in [0.2, 0.25) is 0 Å². The van der Waals surface area contributed by atoms with Gasteiger partial charge < -0.3 is 16.0 Å². The number of carbonyl (C=O) groups is 1. The zero-order valence-corrected chi connectivity index (χ0v) is 12.3. The molecule has 0 saturated carbocycles. The van der Waals surface area contributed by atoms with Gasteiger partial charge in [0.05, 0.1) is 0 Å². The molecule has 0 radical (unpaired) electrons. The lowest BCUT2D eigenvalue weighted by molar-refractivity contribution is 0.0999. The number of hydrogen-bond donors (Lipinski definition) is 2. The third-order valence-electron chi connectivity index (χ3n) is 4.17. The van der Waals surface area contributed by atoms with Gasteiger partial charge in [0, 0.05) is 12.1 Å². The van der Waals surface area contributed by atoms with E-state index in [9.17, 15) is 4.79 Å². The molecule has 1 amide bonds. The fourth-order valence-corrected chi connectivity index (χ4v) is 2.79. The molecule has 1 heterocycles. The predicted octanol–water partition coefficient (Wildman–Crippen LogP) is 1.61. The molecule has 1 aromatic rings. The first-order valence-electron chi connectivity index (χ1n) is 7.44. The maximum Gasteiger partial charge on any atom is 0.249 e. The fourth-order valence-electron chi connectivity index (χ4n) is 2.79. The maximum atomic E-state index is 11.3. The highest BCUT2D eigenvalue weighted by Crippen LogP contribution is 2.18. The van der Waals surface area contributed by atoms with Gasteiger partial charge in [0.15, 0.2) is 0 Å². The second-order valence-electron chi connectivity index (χ2n) is 5.73. The van der Waals surface area contributed by atoms with Crippen LogP contribution in [0.1, 0.15) is 35.2 Å². The van der Waals surface area contributed by atoms with Gasteiger partial charge >= 0.3 is 0 Å². The summed E-state index contributed by atoms with van der Waals surface area (Å²) in [6, 6.07) is 7.54. The minimum absolute atomic E-state index is 0.349. The van der Waals surface area contributed by atoms with E-state index in [1.54, 1.807) is 6.07 Å². The first-order valence-corrected chi connectivity index (χ1v) is 7.44. The van der Waals surface area contributed by atoms with Crippen molar-refractivity contribution in [1.82, 2.24) is 10.2 Å². The number of benzene rings is 1. The highest BCUT2D eigenvalue weighted by Gasteiger charge is 2.15. The molecule has 4 heteroatoms. The van der Waals surface area contributed by atoms with Gasteiger partial charge in [-0.2, -0.15) is 0 Å². The van der Waals surface area contributed by atoms with Gasteiger partial charge in [-0.3, -0.25) is 4.79 Å². The molecule has 1 aromatic carbocycles. The summed E-state index contributed by atoms with van der Waals surface area (Å²) in [5, 5.41) is 3.43. The number of hydrogen-bond acceptors (Lipinski definition) is 3. The Morgan fingerprint density at radius 1 is 1.35 bits per heavy atom. The van der Waals surface area contributed by atoms with Crippen molar-refractivity contribution < 1.29 is 4.79 Å². The summed E-state index contributed by atoms with van der Waals surface area (Å²) in [5.41, 5.74) is 6.99. The van der Waals surface area contributed by atoms with Crippen LogP contribution >= 0.6 is 0 Å². The van der Waals surface area contributed by atoms with Crippen LogP contribution in [-0.4, -0.2) is 37.5 Å². The fraction of sp³-hybridized carbons (Fsp3) is 0.562. The van der Waals surface area contributed by atoms with Gasteiger partial charge in [-0.1, -0.05) is 18.2 Å². The highest BCUT2D eigenvalue weighted by molar-refractivity contribution is 5.94. The molecule has 1 aliphatic heterocycles. The van der Waals surface area contributed by atoms with Crippen molar-refractivity contribution in [3.05, 3.63) is 35.4 Å². The summed E-state index contributed by atoms with van der Waals surface area (Å²) in [5.74, 6) is 0.489. The molecular weight excluding hydrogens is 250 g/mol. The molecule has 1 fully saturated rings. The highest BCUT2D eigenvalue weighted by atomic mass is 16.1. The second kappa shape index (κ2) is 7.41. The first kappa shape index (κ1) is 15.0. The first-order chi connectivity index (χ1) is 9.66. The van der Waals surface area contributed by atoms with Crippen molar-refractivity contribution in [3.63, 3.8) is 0 Å². The Labute approximate surface area is 121 Å². The summed E-state index contributed by atoms with van der Waals surface area (Å²) >= 11 is 0. The quantitative estimate of drug-likeness (QED) is 0.775. The molecule has 1 aliphatic rings. The number of nitrogens with zero attached hydrogens (tertiary/aromatic N) is 1. The molecule has 0 atom stereocenters. The molecule has 0 unspecified atom stereocenters. The van der Waals surface area contributed by atoms with Crippen LogP contribution in [0.25, 0.3) is 0 Å². The lowest BCUT2D eigenvalue weighted by Crippen LogP contribution is -2.31. The predicted molar refractivity (Wildman–Crippen MR) is 81.5 cm³/mol. The van der Waals surface area contributed by atoms with E-state index in [-0.39, 0.29) is 5.91 Å². The van der Waals surface area contributed by atoms with Gasteiger partial charge in [0.1, 0.15) is 0 Å². The molecule has 0 bridgehead atoms. The molecule has 1 saturated heterocycles. The Bertz CT molecular complexity index is 439. The average Bonchev–Trinajstić information content (AvgIpc) is 2.46. The summed E-state index contributed by atoms with van der Waals surface area (Å²) in [6.07, 6.45) is 3.82. The summed E-state index contributed by atoms with van der Waals surface area (Å²) in [7, 11) is 2.19. The molecule has 4 nitrogen and oxygen atoms in total. The van der Waals surface area contributed by atoms with E-state index in [1.165, 1.54) is 32.4 Å². The SMILES string of the molecule is CN1CCC(CCNCc2ccccc2C(N)=O)CC1. The van der Waals surface area contributed by atoms with Crippen LogP contribution in [-0.2, 0) is 6.54 Å². The Balaban J connectivity index is 1.72. The van der Waals surface area contributed by atoms with Crippen LogP contribution in [0.3, 0.4) is 0 Å². The van der Waals surface area contributed by atoms with Gasteiger partial charge in [-0.15, -0.1) is 0 Å². The van der Waals surface area contributed by atoms with Gasteiger partial charge in [-0.25, -0.2) is 0 Å². The molecule has 3 N–H and O–H groups in total. The number of likely N-dealkylation sites (tertiary alicyclic amines) is 1. The molecule has 110 valence electrons. The number of rotatable bonds is 6. The van der Waals surface area contributed by atoms with Crippen molar-refractivity contribution in [1.29, 1.82) is 0 Å². The standard InChI is InChI=1S/C16H25N3O/c1-19-10-7-13(8-11-19)6-9-18-12-14-4-2-3-5-15(14)16(17)20/h2-5,13,18H,6-12H2,1H3,(H2,17,20). The van der Waals surface area contributed by atoms with E-state index >= 15 is 0 Å². The van der Waals surface area contributed by atoms with Crippen LogP contribution < -0.4 is 11.1 Å². The minimum Gasteiger partial charge on any atom is -0.366 e. The van der Waals surface area contributed by atoms with E-state index < -0.39 is 0 Å². The van der Waals surface area contributed by atoms with E-state index in [1.807, 2.05) is 18.2 Å². The zero-order valence-electron chi connectivity index (χ0n) is 12.3. The lowest BCUT2D eigenvalue weighted by atomic mass is 9.94. The smallest absolute Gasteiger partial charge is 0.249 e. The largest absolute Gasteiger partial charge is 0.366 e. The van der Waals surface area contributed by atoms with Crippen molar-refractivity contribution in [3.8, 4) is 0 Å². The monoisotopic (exact) mass is 275 g/mol. The van der Waals surface area contributed by atoms with Crippen LogP contribution in [0.15, 0.2) is 24.3 Å². The molecule has 0 spiro atoms. The molecule has 20 heavy (non-hydrogen) atoms. The van der Waals surface area contributed by atoms with Gasteiger partial charge in [0.25, 0.3) is 0 Å². The number of nitrogens with one attached hydrogen (secondary N) is 1. The number of carbonyl (C=O) groups excluding carboxylic acids is 1. The van der Waals surface area contributed by atoms with Crippen LogP contribution in [0.4, 0.5) is 0 Å². The normalized spacial score (nSPS) is 17.2. The number of nitrogens with two attached hydrogens (primary N) is 1. The summed E-state index contributed by atoms with van der Waals surface area (Å²) in [4.78, 5) is 13.7. The third kappa shape index (κ3) is 4.32. The van der Waals surface area contributed by atoms with Gasteiger partial charge in [0.2, 0.25) is 5.91 Å². The number of amides is 1. The molecule has 0 aliphatic carbocycles. The minimum atomic E-state index is -0.349. The van der Waals surface area contributed by atoms with Crippen molar-refractivity contribution >= 4 is 5.91 Å². The molecule has 2 rings (SSSR count). The van der Waals surface area contributed by atoms with Crippen molar-refractivity contribution in [2.24, 2.45) is 11.7 Å². The van der Waals surface area contributed by atoms with Crippen LogP contribution in [0.5, 0.6) is 0 Å². The second-order valence-corrected chi connectivity index (χ2v) is 5.73. The Morgan fingerprint density at radius 2 is 2.05 bits per heavy atom. The third-order valence-corrected chi connectivity index (χ3v) is 4.17. The van der Waals surface area contributed by atoms with E-state index in [0.717, 1.165) is 18.0 Å². The van der Waals surface area contributed by atoms with E-state index in [2.05, 4.69) is 17.3 Å². The average molecular weight is 275 g/mol. The zero-order chi connectivity index (χ0) is 14.4. The number of piperidine rings is 1. The molecule has 0 aromatic heterocycles. The van der Waals surface area contributed by atoms with Crippen LogP contribution in [0, 0.1) is 5.92 Å². The topological polar surface area (TPSA) is 58.4 Å². The lowest BCUT2D eigenvalue weighted by Gasteiger charge is -2.28. The Morgan fingerprint density at radius 3 is 2.75 bits per heavy atom. The Hall–Kier alpha value is -1.39.